The van der Waals surface area contributed by atoms with E-state index in [1.807, 2.05) is 43.5 Å². The standard InChI is InChI=1S/C23H28FN5O.HI/c1-2-25-23(29-16-22(30)26-12-10-17-6-4-3-5-7-17)27-13-11-18-15-28-21-9-8-19(24)14-20(18)21;/h3-9,14-15,28H,2,10-13,16H2,1H3,(H,26,30)(H2,25,27,29);1H. The number of aromatic amines is 1. The zero-order chi connectivity index (χ0) is 21.2. The number of amides is 1. The molecule has 1 aromatic heterocycles. The van der Waals surface area contributed by atoms with Crippen molar-refractivity contribution in [3.8, 4) is 0 Å². The van der Waals surface area contributed by atoms with E-state index in [4.69, 9.17) is 0 Å². The number of guanidine groups is 1. The number of halogens is 2. The molecule has 6 nitrogen and oxygen atoms in total. The van der Waals surface area contributed by atoms with E-state index in [9.17, 15) is 9.18 Å². The van der Waals surface area contributed by atoms with E-state index >= 15 is 0 Å². The molecule has 1 heterocycles. The minimum absolute atomic E-state index is 0. The fourth-order valence-corrected chi connectivity index (χ4v) is 3.21. The van der Waals surface area contributed by atoms with Crippen LogP contribution in [-0.2, 0) is 17.6 Å². The number of fused-ring (bicyclic) bond motifs is 1. The van der Waals surface area contributed by atoms with Gasteiger partial charge in [-0.3, -0.25) is 4.79 Å². The highest BCUT2D eigenvalue weighted by Gasteiger charge is 2.06. The predicted octanol–water partition coefficient (Wildman–Crippen LogP) is 3.38. The Morgan fingerprint density at radius 3 is 2.58 bits per heavy atom. The number of aromatic nitrogens is 1. The van der Waals surface area contributed by atoms with Crippen LogP contribution in [0.3, 0.4) is 0 Å². The SMILES string of the molecule is CCNC(=NCC(=O)NCCc1ccccc1)NCCc1c[nH]c2ccc(F)cc12.I. The van der Waals surface area contributed by atoms with E-state index in [0.717, 1.165) is 22.9 Å². The lowest BCUT2D eigenvalue weighted by atomic mass is 10.1. The van der Waals surface area contributed by atoms with E-state index in [2.05, 4.69) is 25.9 Å². The van der Waals surface area contributed by atoms with Gasteiger partial charge >= 0.3 is 0 Å². The number of aliphatic imine (C=N–C) groups is 1. The van der Waals surface area contributed by atoms with Crippen molar-refractivity contribution < 1.29 is 9.18 Å². The minimum atomic E-state index is -0.246. The summed E-state index contributed by atoms with van der Waals surface area (Å²) in [5.74, 6) is 0.224. The lowest BCUT2D eigenvalue weighted by Crippen LogP contribution is -2.39. The van der Waals surface area contributed by atoms with E-state index in [0.29, 0.717) is 32.0 Å². The van der Waals surface area contributed by atoms with Crippen LogP contribution >= 0.6 is 24.0 Å². The van der Waals surface area contributed by atoms with Crippen molar-refractivity contribution in [2.24, 2.45) is 4.99 Å². The van der Waals surface area contributed by atoms with Gasteiger partial charge in [0.15, 0.2) is 5.96 Å². The summed E-state index contributed by atoms with van der Waals surface area (Å²) in [5, 5.41) is 10.1. The number of nitrogens with zero attached hydrogens (tertiary/aromatic N) is 1. The molecule has 0 bridgehead atoms. The number of carbonyl (C=O) groups excluding carboxylic acids is 1. The Balaban J connectivity index is 0.00000341. The molecule has 166 valence electrons. The summed E-state index contributed by atoms with van der Waals surface area (Å²) in [6.07, 6.45) is 3.40. The summed E-state index contributed by atoms with van der Waals surface area (Å²) in [5.41, 5.74) is 3.14. The molecule has 0 fully saturated rings. The molecule has 0 aliphatic carbocycles. The van der Waals surface area contributed by atoms with Crippen molar-refractivity contribution >= 4 is 46.7 Å². The Hall–Kier alpha value is -2.62. The molecule has 8 heteroatoms. The topological polar surface area (TPSA) is 81.3 Å². The van der Waals surface area contributed by atoms with Gasteiger partial charge in [0, 0.05) is 36.7 Å². The van der Waals surface area contributed by atoms with Crippen LogP contribution in [0.5, 0.6) is 0 Å². The van der Waals surface area contributed by atoms with Gasteiger partial charge in [0.25, 0.3) is 0 Å². The molecule has 0 spiro atoms. The third-order valence-corrected chi connectivity index (χ3v) is 4.72. The largest absolute Gasteiger partial charge is 0.361 e. The quantitative estimate of drug-likeness (QED) is 0.192. The Morgan fingerprint density at radius 1 is 1.03 bits per heavy atom. The molecule has 1 amide bonds. The van der Waals surface area contributed by atoms with E-state index in [1.165, 1.54) is 11.6 Å². The normalized spacial score (nSPS) is 11.1. The fraction of sp³-hybridized carbons (Fsp3) is 0.304. The van der Waals surface area contributed by atoms with Gasteiger partial charge in [-0.2, -0.15) is 0 Å². The molecular weight excluding hydrogens is 508 g/mol. The summed E-state index contributed by atoms with van der Waals surface area (Å²) in [6.45, 7) is 3.92. The number of nitrogens with one attached hydrogen (secondary N) is 4. The van der Waals surface area contributed by atoms with Crippen LogP contribution in [0.25, 0.3) is 10.9 Å². The van der Waals surface area contributed by atoms with Crippen molar-refractivity contribution in [3.63, 3.8) is 0 Å². The van der Waals surface area contributed by atoms with Crippen molar-refractivity contribution in [1.29, 1.82) is 0 Å². The number of carbonyl (C=O) groups is 1. The lowest BCUT2D eigenvalue weighted by molar-refractivity contribution is -0.119. The summed E-state index contributed by atoms with van der Waals surface area (Å²) in [7, 11) is 0. The maximum Gasteiger partial charge on any atom is 0.241 e. The molecule has 2 aromatic carbocycles. The van der Waals surface area contributed by atoms with Gasteiger partial charge in [0.2, 0.25) is 5.91 Å². The van der Waals surface area contributed by atoms with Gasteiger partial charge in [0.1, 0.15) is 12.4 Å². The highest BCUT2D eigenvalue weighted by Crippen LogP contribution is 2.19. The van der Waals surface area contributed by atoms with Gasteiger partial charge in [-0.05, 0) is 49.1 Å². The molecule has 0 radical (unpaired) electrons. The third kappa shape index (κ3) is 7.86. The van der Waals surface area contributed by atoms with Crippen LogP contribution in [0.4, 0.5) is 4.39 Å². The molecule has 0 saturated carbocycles. The molecule has 0 atom stereocenters. The zero-order valence-corrected chi connectivity index (χ0v) is 19.9. The zero-order valence-electron chi connectivity index (χ0n) is 17.6. The molecule has 3 aromatic rings. The summed E-state index contributed by atoms with van der Waals surface area (Å²) < 4.78 is 13.5. The van der Waals surface area contributed by atoms with Crippen LogP contribution in [0.2, 0.25) is 0 Å². The van der Waals surface area contributed by atoms with Gasteiger partial charge in [0.05, 0.1) is 0 Å². The van der Waals surface area contributed by atoms with Gasteiger partial charge < -0.3 is 20.9 Å². The maximum atomic E-state index is 13.5. The number of hydrogen-bond donors (Lipinski definition) is 4. The van der Waals surface area contributed by atoms with E-state index in [1.54, 1.807) is 12.1 Å². The molecular formula is C23H29FIN5O. The van der Waals surface area contributed by atoms with Crippen LogP contribution in [0, 0.1) is 5.82 Å². The number of hydrogen-bond acceptors (Lipinski definition) is 2. The first-order valence-electron chi connectivity index (χ1n) is 10.2. The first-order chi connectivity index (χ1) is 14.7. The average Bonchev–Trinajstić information content (AvgIpc) is 3.15. The van der Waals surface area contributed by atoms with Crippen molar-refractivity contribution in [2.75, 3.05) is 26.2 Å². The lowest BCUT2D eigenvalue weighted by Gasteiger charge is -2.11. The second-order valence-electron chi connectivity index (χ2n) is 6.96. The average molecular weight is 537 g/mol. The molecule has 3 rings (SSSR count). The number of benzene rings is 2. The molecule has 0 aliphatic rings. The Kier molecular flexibility index (Phi) is 10.3. The molecule has 0 saturated heterocycles. The third-order valence-electron chi connectivity index (χ3n) is 4.72. The molecule has 4 N–H and O–H groups in total. The highest BCUT2D eigenvalue weighted by molar-refractivity contribution is 14.0. The second-order valence-corrected chi connectivity index (χ2v) is 6.96. The summed E-state index contributed by atoms with van der Waals surface area (Å²) in [4.78, 5) is 19.6. The Morgan fingerprint density at radius 2 is 1.81 bits per heavy atom. The molecule has 31 heavy (non-hydrogen) atoms. The van der Waals surface area contributed by atoms with E-state index < -0.39 is 0 Å². The minimum Gasteiger partial charge on any atom is -0.361 e. The van der Waals surface area contributed by atoms with Gasteiger partial charge in [-0.1, -0.05) is 30.3 Å². The van der Waals surface area contributed by atoms with Crippen molar-refractivity contribution in [2.45, 2.75) is 19.8 Å². The smallest absolute Gasteiger partial charge is 0.241 e. The van der Waals surface area contributed by atoms with E-state index in [-0.39, 0.29) is 42.2 Å². The van der Waals surface area contributed by atoms with Crippen LogP contribution in [0.1, 0.15) is 18.1 Å². The monoisotopic (exact) mass is 537 g/mol. The number of H-pyrrole nitrogens is 1. The fourth-order valence-electron chi connectivity index (χ4n) is 3.21. The molecule has 0 unspecified atom stereocenters. The maximum absolute atomic E-state index is 13.5. The van der Waals surface area contributed by atoms with Crippen LogP contribution in [-0.4, -0.2) is 43.0 Å². The molecule has 0 aliphatic heterocycles. The first kappa shape index (κ1) is 24.6. The van der Waals surface area contributed by atoms with Gasteiger partial charge in [-0.15, -0.1) is 24.0 Å². The predicted molar refractivity (Wildman–Crippen MR) is 135 cm³/mol. The Bertz CT molecular complexity index is 990. The van der Waals surface area contributed by atoms with Crippen molar-refractivity contribution in [1.82, 2.24) is 20.9 Å². The van der Waals surface area contributed by atoms with Crippen molar-refractivity contribution in [3.05, 3.63) is 71.7 Å². The van der Waals surface area contributed by atoms with Crippen LogP contribution in [0.15, 0.2) is 59.7 Å². The second kappa shape index (κ2) is 12.9. The summed E-state index contributed by atoms with van der Waals surface area (Å²) >= 11 is 0. The number of rotatable bonds is 9. The van der Waals surface area contributed by atoms with Gasteiger partial charge in [-0.25, -0.2) is 9.38 Å². The van der Waals surface area contributed by atoms with Crippen LogP contribution < -0.4 is 16.0 Å². The Labute approximate surface area is 199 Å². The highest BCUT2D eigenvalue weighted by atomic mass is 127. The first-order valence-corrected chi connectivity index (χ1v) is 10.2. The summed E-state index contributed by atoms with van der Waals surface area (Å²) in [6, 6.07) is 14.8.